The molecule has 0 aliphatic rings. The molecule has 0 saturated heterocycles. The van der Waals surface area contributed by atoms with Gasteiger partial charge in [-0.3, -0.25) is 14.9 Å². The van der Waals surface area contributed by atoms with Gasteiger partial charge in [-0.05, 0) is 42.8 Å². The quantitative estimate of drug-likeness (QED) is 0.502. The highest BCUT2D eigenvalue weighted by Crippen LogP contribution is 2.29. The van der Waals surface area contributed by atoms with Gasteiger partial charge in [0, 0.05) is 10.0 Å². The van der Waals surface area contributed by atoms with E-state index in [1.807, 2.05) is 6.92 Å². The minimum Gasteiger partial charge on any atom is -0.508 e. The third-order valence-electron chi connectivity index (χ3n) is 2.85. The summed E-state index contributed by atoms with van der Waals surface area (Å²) in [6.07, 6.45) is 0. The van der Waals surface area contributed by atoms with Crippen LogP contribution in [0.15, 0.2) is 40.9 Å². The van der Waals surface area contributed by atoms with Gasteiger partial charge >= 0.3 is 0 Å². The van der Waals surface area contributed by atoms with E-state index in [0.29, 0.717) is 5.56 Å². The summed E-state index contributed by atoms with van der Waals surface area (Å²) in [5.74, 6) is -0.696. The number of amides is 1. The molecular formula is C14H11BrN2O4. The fourth-order valence-corrected chi connectivity index (χ4v) is 2.00. The third-order valence-corrected chi connectivity index (χ3v) is 3.74. The fraction of sp³-hybridized carbons (Fsp3) is 0.0714. The van der Waals surface area contributed by atoms with Gasteiger partial charge in [0.2, 0.25) is 0 Å². The molecule has 0 atom stereocenters. The van der Waals surface area contributed by atoms with Crippen LogP contribution in [0.2, 0.25) is 0 Å². The first kappa shape index (κ1) is 15.0. The molecule has 0 aliphatic heterocycles. The number of aromatic hydroxyl groups is 1. The number of anilines is 1. The number of nitro groups is 1. The Labute approximate surface area is 128 Å². The highest BCUT2D eigenvalue weighted by Gasteiger charge is 2.17. The van der Waals surface area contributed by atoms with Gasteiger partial charge in [0.05, 0.1) is 11.0 Å². The van der Waals surface area contributed by atoms with Gasteiger partial charge in [-0.1, -0.05) is 15.9 Å². The van der Waals surface area contributed by atoms with Crippen molar-refractivity contribution in [1.29, 1.82) is 0 Å². The number of carbonyl (C=O) groups is 1. The number of halogens is 1. The van der Waals surface area contributed by atoms with E-state index in [1.165, 1.54) is 12.1 Å². The van der Waals surface area contributed by atoms with Crippen LogP contribution in [0.4, 0.5) is 11.4 Å². The molecule has 6 nitrogen and oxygen atoms in total. The van der Waals surface area contributed by atoms with E-state index in [4.69, 9.17) is 0 Å². The van der Waals surface area contributed by atoms with E-state index in [9.17, 15) is 20.0 Å². The summed E-state index contributed by atoms with van der Waals surface area (Å²) in [6.45, 7) is 1.84. The molecule has 0 heterocycles. The van der Waals surface area contributed by atoms with Crippen molar-refractivity contribution in [2.45, 2.75) is 6.92 Å². The normalized spacial score (nSPS) is 10.2. The number of nitrogens with one attached hydrogen (secondary N) is 1. The van der Waals surface area contributed by atoms with E-state index in [0.717, 1.165) is 16.1 Å². The summed E-state index contributed by atoms with van der Waals surface area (Å²) in [5.41, 5.74) is 0.932. The van der Waals surface area contributed by atoms with Gasteiger partial charge in [-0.15, -0.1) is 0 Å². The maximum Gasteiger partial charge on any atom is 0.296 e. The number of aryl methyl sites for hydroxylation is 1. The van der Waals surface area contributed by atoms with Crippen molar-refractivity contribution < 1.29 is 14.8 Å². The lowest BCUT2D eigenvalue weighted by Gasteiger charge is -2.07. The SMILES string of the molecule is Cc1cc(C(=O)Nc2ccc(O)cc2[N+](=O)[O-])ccc1Br. The van der Waals surface area contributed by atoms with E-state index in [2.05, 4.69) is 21.2 Å². The second-order valence-electron chi connectivity index (χ2n) is 4.38. The summed E-state index contributed by atoms with van der Waals surface area (Å²) >= 11 is 3.34. The first-order valence-electron chi connectivity index (χ1n) is 5.93. The Balaban J connectivity index is 2.31. The van der Waals surface area contributed by atoms with Crippen LogP contribution in [0.1, 0.15) is 15.9 Å². The van der Waals surface area contributed by atoms with Crippen LogP contribution in [0.5, 0.6) is 5.75 Å². The molecule has 2 aromatic carbocycles. The zero-order chi connectivity index (χ0) is 15.6. The van der Waals surface area contributed by atoms with Crippen LogP contribution in [0, 0.1) is 17.0 Å². The topological polar surface area (TPSA) is 92.5 Å². The van der Waals surface area contributed by atoms with Gasteiger partial charge in [-0.25, -0.2) is 0 Å². The molecule has 0 fully saturated rings. The highest BCUT2D eigenvalue weighted by atomic mass is 79.9. The second-order valence-corrected chi connectivity index (χ2v) is 5.23. The molecule has 0 unspecified atom stereocenters. The summed E-state index contributed by atoms with van der Waals surface area (Å²) in [7, 11) is 0. The smallest absolute Gasteiger partial charge is 0.296 e. The predicted octanol–water partition coefficient (Wildman–Crippen LogP) is 3.62. The molecule has 21 heavy (non-hydrogen) atoms. The average molecular weight is 351 g/mol. The molecule has 0 radical (unpaired) electrons. The van der Waals surface area contributed by atoms with Crippen LogP contribution >= 0.6 is 15.9 Å². The molecule has 2 N–H and O–H groups in total. The zero-order valence-electron chi connectivity index (χ0n) is 11.0. The number of benzene rings is 2. The Morgan fingerprint density at radius 1 is 1.29 bits per heavy atom. The van der Waals surface area contributed by atoms with E-state index in [-0.39, 0.29) is 17.1 Å². The maximum atomic E-state index is 12.1. The van der Waals surface area contributed by atoms with Gasteiger partial charge < -0.3 is 10.4 Å². The van der Waals surface area contributed by atoms with Gasteiger partial charge in [-0.2, -0.15) is 0 Å². The van der Waals surface area contributed by atoms with E-state index >= 15 is 0 Å². The predicted molar refractivity (Wildman–Crippen MR) is 81.6 cm³/mol. The molecule has 1 amide bonds. The Bertz CT molecular complexity index is 731. The standard InChI is InChI=1S/C14H11BrN2O4/c1-8-6-9(2-4-11(8)15)14(19)16-12-5-3-10(18)7-13(12)17(20)21/h2-7,18H,1H3,(H,16,19). The molecule has 0 aromatic heterocycles. The number of nitrogens with zero attached hydrogens (tertiary/aromatic N) is 1. The summed E-state index contributed by atoms with van der Waals surface area (Å²) in [6, 6.07) is 8.56. The first-order valence-corrected chi connectivity index (χ1v) is 6.72. The lowest BCUT2D eigenvalue weighted by Crippen LogP contribution is -2.13. The molecule has 0 bridgehead atoms. The maximum absolute atomic E-state index is 12.1. The number of phenols is 1. The van der Waals surface area contributed by atoms with Crippen LogP contribution in [-0.2, 0) is 0 Å². The van der Waals surface area contributed by atoms with Gasteiger partial charge in [0.1, 0.15) is 11.4 Å². The Hall–Kier alpha value is -2.41. The number of carbonyl (C=O) groups excluding carboxylic acids is 1. The van der Waals surface area contributed by atoms with Crippen molar-refractivity contribution in [3.05, 3.63) is 62.1 Å². The molecule has 0 aliphatic carbocycles. The average Bonchev–Trinajstić information content (AvgIpc) is 2.43. The molecule has 2 rings (SSSR count). The van der Waals surface area contributed by atoms with Gasteiger partial charge in [0.25, 0.3) is 11.6 Å². The lowest BCUT2D eigenvalue weighted by atomic mass is 10.1. The van der Waals surface area contributed by atoms with Crippen molar-refractivity contribution >= 4 is 33.2 Å². The fourth-order valence-electron chi connectivity index (χ4n) is 1.76. The Kier molecular flexibility index (Phi) is 4.23. The molecular weight excluding hydrogens is 340 g/mol. The van der Waals surface area contributed by atoms with E-state index < -0.39 is 10.8 Å². The van der Waals surface area contributed by atoms with Crippen LogP contribution in [0.25, 0.3) is 0 Å². The summed E-state index contributed by atoms with van der Waals surface area (Å²) < 4.78 is 0.870. The van der Waals surface area contributed by atoms with Crippen LogP contribution in [-0.4, -0.2) is 15.9 Å². The Morgan fingerprint density at radius 3 is 2.62 bits per heavy atom. The molecule has 2 aromatic rings. The minimum absolute atomic E-state index is 0.0309. The van der Waals surface area contributed by atoms with Gasteiger partial charge in [0.15, 0.2) is 0 Å². The number of rotatable bonds is 3. The van der Waals surface area contributed by atoms with Crippen molar-refractivity contribution in [2.75, 3.05) is 5.32 Å². The molecule has 0 spiro atoms. The van der Waals surface area contributed by atoms with Crippen molar-refractivity contribution in [3.63, 3.8) is 0 Å². The highest BCUT2D eigenvalue weighted by molar-refractivity contribution is 9.10. The number of nitro benzene ring substituents is 1. The zero-order valence-corrected chi connectivity index (χ0v) is 12.5. The number of phenolic OH excluding ortho intramolecular Hbond substituents is 1. The second kappa shape index (κ2) is 5.92. The largest absolute Gasteiger partial charge is 0.508 e. The summed E-state index contributed by atoms with van der Waals surface area (Å²) in [5, 5.41) is 22.7. The number of hydrogen-bond donors (Lipinski definition) is 2. The Morgan fingerprint density at radius 2 is 2.00 bits per heavy atom. The monoisotopic (exact) mass is 350 g/mol. The van der Waals surface area contributed by atoms with Crippen molar-refractivity contribution in [2.24, 2.45) is 0 Å². The molecule has 108 valence electrons. The van der Waals surface area contributed by atoms with Crippen LogP contribution in [0.3, 0.4) is 0 Å². The number of hydrogen-bond acceptors (Lipinski definition) is 4. The molecule has 0 saturated carbocycles. The lowest BCUT2D eigenvalue weighted by molar-refractivity contribution is -0.384. The van der Waals surface area contributed by atoms with Crippen LogP contribution < -0.4 is 5.32 Å². The third kappa shape index (κ3) is 3.38. The van der Waals surface area contributed by atoms with Crippen molar-refractivity contribution in [3.8, 4) is 5.75 Å². The summed E-state index contributed by atoms with van der Waals surface area (Å²) in [4.78, 5) is 22.4. The molecule has 7 heteroatoms. The first-order chi connectivity index (χ1) is 9.88. The minimum atomic E-state index is -0.665. The van der Waals surface area contributed by atoms with Crippen molar-refractivity contribution in [1.82, 2.24) is 0 Å². The van der Waals surface area contributed by atoms with E-state index in [1.54, 1.807) is 18.2 Å².